The molecule has 2 aromatic rings. The first kappa shape index (κ1) is 13.0. The number of carboxylic acids is 1. The number of carboxylic acid groups (broad SMARTS) is 1. The van der Waals surface area contributed by atoms with Crippen LogP contribution in [0.1, 0.15) is 28.8 Å². The highest BCUT2D eigenvalue weighted by molar-refractivity contribution is 5.85. The van der Waals surface area contributed by atoms with Crippen molar-refractivity contribution in [3.63, 3.8) is 0 Å². The molecular weight excluding hydrogens is 246 g/mol. The van der Waals surface area contributed by atoms with Crippen LogP contribution in [0, 0.1) is 6.92 Å². The van der Waals surface area contributed by atoms with Crippen molar-refractivity contribution in [1.82, 2.24) is 19.7 Å². The van der Waals surface area contributed by atoms with Gasteiger partial charge < -0.3 is 10.4 Å². The number of hydrogen-bond donors (Lipinski definition) is 2. The first-order valence-corrected chi connectivity index (χ1v) is 5.88. The molecule has 0 aromatic carbocycles. The number of nitrogens with one attached hydrogen (secondary N) is 1. The molecule has 0 amide bonds. The number of hydrogen-bond acceptors (Lipinski definition) is 5. The van der Waals surface area contributed by atoms with Gasteiger partial charge in [0.25, 0.3) is 0 Å². The molecule has 0 saturated heterocycles. The standard InChI is InChI=1S/C12H15N5O2/c1-4-8-10(6-17(3)16-8)15-12-13-7(2)5-9(14-12)11(18)19/h5-6H,4H2,1-3H3,(H,18,19)(H,13,14,15). The van der Waals surface area contributed by atoms with Crippen LogP contribution in [0.2, 0.25) is 0 Å². The molecule has 0 radical (unpaired) electrons. The van der Waals surface area contributed by atoms with E-state index in [0.29, 0.717) is 5.69 Å². The average molecular weight is 261 g/mol. The molecule has 2 aromatic heterocycles. The van der Waals surface area contributed by atoms with Gasteiger partial charge in [-0.05, 0) is 19.4 Å². The van der Waals surface area contributed by atoms with Crippen LogP contribution in [0.15, 0.2) is 12.3 Å². The van der Waals surface area contributed by atoms with Gasteiger partial charge in [0.05, 0.1) is 11.4 Å². The topological polar surface area (TPSA) is 92.9 Å². The molecule has 2 rings (SSSR count). The Hall–Kier alpha value is -2.44. The van der Waals surface area contributed by atoms with Crippen LogP contribution in [0.4, 0.5) is 11.6 Å². The van der Waals surface area contributed by atoms with Crippen LogP contribution in [0.25, 0.3) is 0 Å². The maximum Gasteiger partial charge on any atom is 0.354 e. The highest BCUT2D eigenvalue weighted by Crippen LogP contribution is 2.18. The molecule has 0 saturated carbocycles. The zero-order valence-corrected chi connectivity index (χ0v) is 11.0. The number of aryl methyl sites for hydroxylation is 3. The lowest BCUT2D eigenvalue weighted by molar-refractivity contribution is 0.0690. The lowest BCUT2D eigenvalue weighted by atomic mass is 10.3. The van der Waals surface area contributed by atoms with Crippen molar-refractivity contribution in [3.8, 4) is 0 Å². The van der Waals surface area contributed by atoms with Crippen molar-refractivity contribution in [1.29, 1.82) is 0 Å². The molecule has 100 valence electrons. The van der Waals surface area contributed by atoms with Crippen molar-refractivity contribution in [2.75, 3.05) is 5.32 Å². The Bertz CT molecular complexity index is 621. The van der Waals surface area contributed by atoms with Crippen molar-refractivity contribution in [2.24, 2.45) is 7.05 Å². The second-order valence-corrected chi connectivity index (χ2v) is 4.17. The van der Waals surface area contributed by atoms with Crippen LogP contribution >= 0.6 is 0 Å². The van der Waals surface area contributed by atoms with E-state index in [1.807, 2.05) is 20.2 Å². The van der Waals surface area contributed by atoms with E-state index < -0.39 is 5.97 Å². The van der Waals surface area contributed by atoms with Crippen molar-refractivity contribution in [2.45, 2.75) is 20.3 Å². The fraction of sp³-hybridized carbons (Fsp3) is 0.333. The van der Waals surface area contributed by atoms with Crippen molar-refractivity contribution >= 4 is 17.6 Å². The van der Waals surface area contributed by atoms with E-state index >= 15 is 0 Å². The van der Waals surface area contributed by atoms with E-state index in [9.17, 15) is 4.79 Å². The molecule has 7 heteroatoms. The Balaban J connectivity index is 2.35. The zero-order chi connectivity index (χ0) is 14.0. The lowest BCUT2D eigenvalue weighted by Crippen LogP contribution is -2.06. The largest absolute Gasteiger partial charge is 0.477 e. The maximum atomic E-state index is 11.0. The first-order chi connectivity index (χ1) is 8.99. The Labute approximate surface area is 110 Å². The van der Waals surface area contributed by atoms with E-state index in [2.05, 4.69) is 20.4 Å². The van der Waals surface area contributed by atoms with Crippen molar-refractivity contribution in [3.05, 3.63) is 29.3 Å². The van der Waals surface area contributed by atoms with Gasteiger partial charge in [-0.1, -0.05) is 6.92 Å². The number of anilines is 2. The molecule has 0 aliphatic rings. The van der Waals surface area contributed by atoms with Crippen LogP contribution in [-0.4, -0.2) is 30.8 Å². The predicted octanol–water partition coefficient (Wildman–Crippen LogP) is 1.52. The van der Waals surface area contributed by atoms with Crippen LogP contribution < -0.4 is 5.32 Å². The monoisotopic (exact) mass is 261 g/mol. The number of rotatable bonds is 4. The molecule has 0 aliphatic heterocycles. The molecule has 0 atom stereocenters. The van der Waals surface area contributed by atoms with Gasteiger partial charge in [-0.3, -0.25) is 4.68 Å². The third-order valence-corrected chi connectivity index (χ3v) is 2.56. The van der Waals surface area contributed by atoms with Crippen LogP contribution in [0.3, 0.4) is 0 Å². The van der Waals surface area contributed by atoms with Crippen molar-refractivity contribution < 1.29 is 9.90 Å². The highest BCUT2D eigenvalue weighted by Gasteiger charge is 2.11. The fourth-order valence-corrected chi connectivity index (χ4v) is 1.75. The van der Waals surface area contributed by atoms with E-state index in [-0.39, 0.29) is 11.6 Å². The van der Waals surface area contributed by atoms with Gasteiger partial charge in [-0.15, -0.1) is 0 Å². The van der Waals surface area contributed by atoms with Gasteiger partial charge >= 0.3 is 5.97 Å². The molecule has 0 unspecified atom stereocenters. The number of aromatic nitrogens is 4. The Morgan fingerprint density at radius 3 is 2.84 bits per heavy atom. The first-order valence-electron chi connectivity index (χ1n) is 5.88. The fourth-order valence-electron chi connectivity index (χ4n) is 1.75. The maximum absolute atomic E-state index is 11.0. The summed E-state index contributed by atoms with van der Waals surface area (Å²) in [5, 5.41) is 16.3. The van der Waals surface area contributed by atoms with E-state index in [1.165, 1.54) is 6.07 Å². The second kappa shape index (κ2) is 5.05. The van der Waals surface area contributed by atoms with E-state index in [0.717, 1.165) is 17.8 Å². The van der Waals surface area contributed by atoms with Crippen LogP contribution in [0.5, 0.6) is 0 Å². The van der Waals surface area contributed by atoms with E-state index in [4.69, 9.17) is 5.11 Å². The van der Waals surface area contributed by atoms with Gasteiger partial charge in [0.1, 0.15) is 0 Å². The molecule has 0 aliphatic carbocycles. The molecule has 0 bridgehead atoms. The van der Waals surface area contributed by atoms with Gasteiger partial charge in [-0.2, -0.15) is 5.10 Å². The quantitative estimate of drug-likeness (QED) is 0.866. The summed E-state index contributed by atoms with van der Waals surface area (Å²) in [6, 6.07) is 1.43. The average Bonchev–Trinajstić information content (AvgIpc) is 2.68. The highest BCUT2D eigenvalue weighted by atomic mass is 16.4. The third-order valence-electron chi connectivity index (χ3n) is 2.56. The molecular formula is C12H15N5O2. The van der Waals surface area contributed by atoms with Gasteiger partial charge in [-0.25, -0.2) is 14.8 Å². The summed E-state index contributed by atoms with van der Waals surface area (Å²) in [5.74, 6) is -0.810. The molecule has 7 nitrogen and oxygen atoms in total. The van der Waals surface area contributed by atoms with Gasteiger partial charge in [0, 0.05) is 18.9 Å². The van der Waals surface area contributed by atoms with Crippen LogP contribution in [-0.2, 0) is 13.5 Å². The summed E-state index contributed by atoms with van der Waals surface area (Å²) in [6.45, 7) is 3.72. The molecule has 0 fully saturated rings. The molecule has 2 heterocycles. The Morgan fingerprint density at radius 1 is 1.47 bits per heavy atom. The molecule has 2 N–H and O–H groups in total. The predicted molar refractivity (Wildman–Crippen MR) is 69.6 cm³/mol. The Kier molecular flexibility index (Phi) is 3.46. The third kappa shape index (κ3) is 2.87. The summed E-state index contributed by atoms with van der Waals surface area (Å²) in [6.07, 6.45) is 2.58. The van der Waals surface area contributed by atoms with E-state index in [1.54, 1.807) is 11.6 Å². The Morgan fingerprint density at radius 2 is 2.21 bits per heavy atom. The summed E-state index contributed by atoms with van der Waals surface area (Å²) in [7, 11) is 1.82. The summed E-state index contributed by atoms with van der Waals surface area (Å²) in [4.78, 5) is 19.1. The number of nitrogens with zero attached hydrogens (tertiary/aromatic N) is 4. The summed E-state index contributed by atoms with van der Waals surface area (Å²) >= 11 is 0. The second-order valence-electron chi connectivity index (χ2n) is 4.17. The SMILES string of the molecule is CCc1nn(C)cc1Nc1nc(C)cc(C(=O)O)n1. The van der Waals surface area contributed by atoms with Gasteiger partial charge in [0.2, 0.25) is 5.95 Å². The normalized spacial score (nSPS) is 10.5. The van der Waals surface area contributed by atoms with Gasteiger partial charge in [0.15, 0.2) is 5.69 Å². The number of aromatic carboxylic acids is 1. The minimum atomic E-state index is -1.07. The minimum Gasteiger partial charge on any atom is -0.477 e. The zero-order valence-electron chi connectivity index (χ0n) is 11.0. The lowest BCUT2D eigenvalue weighted by Gasteiger charge is -2.05. The summed E-state index contributed by atoms with van der Waals surface area (Å²) in [5.41, 5.74) is 2.23. The minimum absolute atomic E-state index is 0.0306. The molecule has 19 heavy (non-hydrogen) atoms. The molecule has 0 spiro atoms. The smallest absolute Gasteiger partial charge is 0.354 e. The summed E-state index contributed by atoms with van der Waals surface area (Å²) < 4.78 is 1.69. The number of carbonyl (C=O) groups is 1.